The van der Waals surface area contributed by atoms with Crippen LogP contribution in [0.15, 0.2) is 64.9 Å². The lowest BCUT2D eigenvalue weighted by molar-refractivity contribution is -0.384. The van der Waals surface area contributed by atoms with Gasteiger partial charge in [-0.15, -0.1) is 5.10 Å². The number of hydrogen-bond acceptors (Lipinski definition) is 6. The molecule has 2 unspecified atom stereocenters. The third kappa shape index (κ3) is 3.75. The Bertz CT molecular complexity index is 1180. The summed E-state index contributed by atoms with van der Waals surface area (Å²) >= 11 is 0. The topological polar surface area (TPSA) is 126 Å². The van der Waals surface area contributed by atoms with Gasteiger partial charge in [-0.3, -0.25) is 14.9 Å². The summed E-state index contributed by atoms with van der Waals surface area (Å²) < 4.78 is 20.5. The van der Waals surface area contributed by atoms with Crippen molar-refractivity contribution in [3.05, 3.63) is 86.9 Å². The SMILES string of the molecule is CC(=O)N1N=C(C2=C(C)NC(=O)NC2c2ccccc2F)OC1c1ccc([N+](=O)[O-])cc1. The molecule has 0 aliphatic carbocycles. The van der Waals surface area contributed by atoms with Crippen LogP contribution in [0, 0.1) is 15.9 Å². The minimum atomic E-state index is -0.984. The summed E-state index contributed by atoms with van der Waals surface area (Å²) in [5.41, 5.74) is 1.29. The molecule has 0 fully saturated rings. The number of ether oxygens (including phenoxy) is 1. The molecule has 2 heterocycles. The average Bonchev–Trinajstić information content (AvgIpc) is 3.19. The van der Waals surface area contributed by atoms with Crippen LogP contribution in [0.4, 0.5) is 14.9 Å². The van der Waals surface area contributed by atoms with Crippen LogP contribution in [0.5, 0.6) is 0 Å². The van der Waals surface area contributed by atoms with Crippen LogP contribution in [0.25, 0.3) is 0 Å². The minimum absolute atomic E-state index is 0.0156. The number of halogens is 1. The molecule has 2 aliphatic rings. The Labute approximate surface area is 181 Å². The van der Waals surface area contributed by atoms with Crippen LogP contribution in [0.1, 0.15) is 37.2 Å². The number of urea groups is 1. The maximum atomic E-state index is 14.5. The van der Waals surface area contributed by atoms with Crippen LogP contribution in [-0.4, -0.2) is 27.8 Å². The molecule has 2 aliphatic heterocycles. The zero-order chi connectivity index (χ0) is 23.0. The second-order valence-corrected chi connectivity index (χ2v) is 7.18. The fourth-order valence-corrected chi connectivity index (χ4v) is 3.57. The van der Waals surface area contributed by atoms with Gasteiger partial charge in [-0.1, -0.05) is 18.2 Å². The first-order chi connectivity index (χ1) is 15.3. The number of hydrogen-bond donors (Lipinski definition) is 2. The number of non-ortho nitro benzene ring substituents is 1. The van der Waals surface area contributed by atoms with E-state index in [-0.39, 0.29) is 17.1 Å². The highest BCUT2D eigenvalue weighted by Gasteiger charge is 2.40. The first-order valence-corrected chi connectivity index (χ1v) is 9.58. The molecule has 11 heteroatoms. The molecule has 2 atom stereocenters. The first kappa shape index (κ1) is 21.0. The summed E-state index contributed by atoms with van der Waals surface area (Å²) in [6, 6.07) is 10.1. The summed E-state index contributed by atoms with van der Waals surface area (Å²) in [6.45, 7) is 2.91. The molecular formula is C21H18FN5O5. The van der Waals surface area contributed by atoms with E-state index < -0.39 is 34.9 Å². The normalized spacial score (nSPS) is 20.3. The van der Waals surface area contributed by atoms with Gasteiger partial charge in [0.1, 0.15) is 5.82 Å². The standard InChI is InChI=1S/C21H18FN5O5/c1-11-17(18(24-21(29)23-11)15-5-3-4-6-16(15)22)19-25-26(12(2)28)20(32-19)13-7-9-14(10-8-13)27(30)31/h3-10,18,20H,1-2H3,(H2,23,24,29). The van der Waals surface area contributed by atoms with Gasteiger partial charge < -0.3 is 15.4 Å². The van der Waals surface area contributed by atoms with E-state index in [0.717, 1.165) is 5.01 Å². The largest absolute Gasteiger partial charge is 0.446 e. The molecular weight excluding hydrogens is 421 g/mol. The Hall–Kier alpha value is -4.28. The summed E-state index contributed by atoms with van der Waals surface area (Å²) in [5, 5.41) is 21.6. The minimum Gasteiger partial charge on any atom is -0.446 e. The van der Waals surface area contributed by atoms with Gasteiger partial charge in [-0.05, 0) is 25.1 Å². The summed E-state index contributed by atoms with van der Waals surface area (Å²) in [4.78, 5) is 34.7. The third-order valence-corrected chi connectivity index (χ3v) is 5.07. The molecule has 3 amide bonds. The lowest BCUT2D eigenvalue weighted by Crippen LogP contribution is -2.45. The van der Waals surface area contributed by atoms with E-state index in [1.165, 1.54) is 49.4 Å². The van der Waals surface area contributed by atoms with E-state index in [1.807, 2.05) is 0 Å². The molecule has 0 saturated heterocycles. The Morgan fingerprint density at radius 1 is 1.22 bits per heavy atom. The maximum absolute atomic E-state index is 14.5. The highest BCUT2D eigenvalue weighted by Crippen LogP contribution is 2.36. The Kier molecular flexibility index (Phi) is 5.31. The summed E-state index contributed by atoms with van der Waals surface area (Å²) in [6.07, 6.45) is -0.984. The number of nitro groups is 1. The average molecular weight is 439 g/mol. The molecule has 164 valence electrons. The maximum Gasteiger partial charge on any atom is 0.319 e. The van der Waals surface area contributed by atoms with Crippen LogP contribution < -0.4 is 10.6 Å². The van der Waals surface area contributed by atoms with Gasteiger partial charge in [0.15, 0.2) is 0 Å². The van der Waals surface area contributed by atoms with Crippen LogP contribution in [0.2, 0.25) is 0 Å². The number of nitro benzene ring substituents is 1. The molecule has 2 aromatic carbocycles. The molecule has 32 heavy (non-hydrogen) atoms. The lowest BCUT2D eigenvalue weighted by Gasteiger charge is -2.29. The molecule has 2 aromatic rings. The van der Waals surface area contributed by atoms with Gasteiger partial charge in [-0.2, -0.15) is 5.01 Å². The summed E-state index contributed by atoms with van der Waals surface area (Å²) in [7, 11) is 0. The van der Waals surface area contributed by atoms with E-state index in [2.05, 4.69) is 15.7 Å². The van der Waals surface area contributed by atoms with Crippen molar-refractivity contribution >= 4 is 23.5 Å². The zero-order valence-corrected chi connectivity index (χ0v) is 17.0. The number of rotatable bonds is 4. The number of benzene rings is 2. The van der Waals surface area contributed by atoms with E-state index in [1.54, 1.807) is 13.0 Å². The van der Waals surface area contributed by atoms with Crippen molar-refractivity contribution in [1.82, 2.24) is 15.6 Å². The number of nitrogens with zero attached hydrogens (tertiary/aromatic N) is 3. The smallest absolute Gasteiger partial charge is 0.319 e. The van der Waals surface area contributed by atoms with E-state index in [4.69, 9.17) is 4.74 Å². The van der Waals surface area contributed by atoms with Gasteiger partial charge in [0.25, 0.3) is 5.69 Å². The fraction of sp³-hybridized carbons (Fsp3) is 0.190. The van der Waals surface area contributed by atoms with Crippen LogP contribution in [0.3, 0.4) is 0 Å². The van der Waals surface area contributed by atoms with Gasteiger partial charge in [0, 0.05) is 35.9 Å². The Morgan fingerprint density at radius 3 is 2.53 bits per heavy atom. The van der Waals surface area contributed by atoms with E-state index >= 15 is 0 Å². The van der Waals surface area contributed by atoms with Crippen molar-refractivity contribution in [3.8, 4) is 0 Å². The molecule has 0 radical (unpaired) electrons. The summed E-state index contributed by atoms with van der Waals surface area (Å²) in [5.74, 6) is -0.947. The molecule has 0 bridgehead atoms. The van der Waals surface area contributed by atoms with Crippen molar-refractivity contribution in [1.29, 1.82) is 0 Å². The number of hydrazone groups is 1. The second-order valence-electron chi connectivity index (χ2n) is 7.18. The third-order valence-electron chi connectivity index (χ3n) is 5.07. The van der Waals surface area contributed by atoms with Gasteiger partial charge in [0.2, 0.25) is 18.0 Å². The van der Waals surface area contributed by atoms with Crippen LogP contribution in [-0.2, 0) is 9.53 Å². The van der Waals surface area contributed by atoms with Gasteiger partial charge in [0.05, 0.1) is 16.5 Å². The predicted octanol–water partition coefficient (Wildman–Crippen LogP) is 3.25. The number of amides is 3. The van der Waals surface area contributed by atoms with Gasteiger partial charge in [-0.25, -0.2) is 9.18 Å². The number of carbonyl (C=O) groups is 2. The molecule has 0 saturated carbocycles. The monoisotopic (exact) mass is 439 g/mol. The highest BCUT2D eigenvalue weighted by atomic mass is 19.1. The second kappa shape index (κ2) is 8.10. The Morgan fingerprint density at radius 2 is 1.91 bits per heavy atom. The van der Waals surface area contributed by atoms with Crippen molar-refractivity contribution in [3.63, 3.8) is 0 Å². The zero-order valence-electron chi connectivity index (χ0n) is 17.0. The lowest BCUT2D eigenvalue weighted by atomic mass is 9.95. The van der Waals surface area contributed by atoms with Crippen molar-refractivity contribution in [2.45, 2.75) is 26.1 Å². The van der Waals surface area contributed by atoms with Crippen molar-refractivity contribution in [2.75, 3.05) is 0 Å². The first-order valence-electron chi connectivity index (χ1n) is 9.58. The highest BCUT2D eigenvalue weighted by molar-refractivity contribution is 6.00. The molecule has 10 nitrogen and oxygen atoms in total. The molecule has 2 N–H and O–H groups in total. The number of allylic oxidation sites excluding steroid dienone is 1. The Balaban J connectivity index is 1.74. The fourth-order valence-electron chi connectivity index (χ4n) is 3.57. The number of nitrogens with one attached hydrogen (secondary N) is 2. The van der Waals surface area contributed by atoms with E-state index in [0.29, 0.717) is 16.8 Å². The molecule has 0 aromatic heterocycles. The quantitative estimate of drug-likeness (QED) is 0.559. The van der Waals surface area contributed by atoms with Crippen molar-refractivity contribution in [2.24, 2.45) is 5.10 Å². The molecule has 0 spiro atoms. The van der Waals surface area contributed by atoms with Crippen LogP contribution >= 0.6 is 0 Å². The van der Waals surface area contributed by atoms with E-state index in [9.17, 15) is 24.1 Å². The van der Waals surface area contributed by atoms with Crippen molar-refractivity contribution < 1.29 is 23.6 Å². The predicted molar refractivity (Wildman–Crippen MR) is 110 cm³/mol. The molecule has 4 rings (SSSR count). The van der Waals surface area contributed by atoms with Gasteiger partial charge >= 0.3 is 6.03 Å². The number of carbonyl (C=O) groups excluding carboxylic acids is 2.